The van der Waals surface area contributed by atoms with E-state index in [-0.39, 0.29) is 22.7 Å². The van der Waals surface area contributed by atoms with E-state index in [0.29, 0.717) is 29.9 Å². The van der Waals surface area contributed by atoms with Gasteiger partial charge >= 0.3 is 0 Å². The number of carbonyl (C=O) groups excluding carboxylic acids is 1. The standard InChI is InChI=1S/C35H37ClN4O2S/c1-34(2,3)25-14-10-22(11-15-25)20-42-26-16-12-23(13-17-26)31-30-28(18-35(4,5)19-29(30)41)37-32-38-33(39-40(31)32)43-21-24-8-6-7-9-27(24)36/h6-17,31H,18-21H2,1-5H3,(H,37,38,39). The molecular weight excluding hydrogens is 576 g/mol. The normalized spacial score (nSPS) is 17.7. The summed E-state index contributed by atoms with van der Waals surface area (Å²) in [6, 6.07) is 24.1. The Morgan fingerprint density at radius 1 is 1.02 bits per heavy atom. The molecule has 0 bridgehead atoms. The van der Waals surface area contributed by atoms with Crippen molar-refractivity contribution in [1.29, 1.82) is 0 Å². The molecule has 8 heteroatoms. The molecule has 0 saturated carbocycles. The Morgan fingerprint density at radius 3 is 2.44 bits per heavy atom. The zero-order chi connectivity index (χ0) is 30.4. The summed E-state index contributed by atoms with van der Waals surface area (Å²) in [4.78, 5) is 18.4. The van der Waals surface area contributed by atoms with Gasteiger partial charge < -0.3 is 10.1 Å². The van der Waals surface area contributed by atoms with Gasteiger partial charge in [0.2, 0.25) is 11.1 Å². The minimum absolute atomic E-state index is 0.119. The second-order valence-corrected chi connectivity index (χ2v) is 14.6. The molecule has 6 rings (SSSR count). The lowest BCUT2D eigenvalue weighted by Gasteiger charge is -2.38. The van der Waals surface area contributed by atoms with Gasteiger partial charge in [-0.1, -0.05) is 113 Å². The van der Waals surface area contributed by atoms with Crippen LogP contribution in [0, 0.1) is 5.41 Å². The fourth-order valence-corrected chi connectivity index (χ4v) is 6.85. The van der Waals surface area contributed by atoms with Gasteiger partial charge in [-0.3, -0.25) is 4.79 Å². The Balaban J connectivity index is 1.25. The predicted molar refractivity (Wildman–Crippen MR) is 174 cm³/mol. The first kappa shape index (κ1) is 29.5. The number of nitrogens with one attached hydrogen (secondary N) is 1. The maximum absolute atomic E-state index is 13.6. The number of hydrogen-bond acceptors (Lipinski definition) is 6. The van der Waals surface area contributed by atoms with E-state index in [9.17, 15) is 4.79 Å². The smallest absolute Gasteiger partial charge is 0.227 e. The van der Waals surface area contributed by atoms with E-state index in [4.69, 9.17) is 26.4 Å². The summed E-state index contributed by atoms with van der Waals surface area (Å²) in [5, 5.41) is 9.71. The van der Waals surface area contributed by atoms with Crippen LogP contribution in [0.3, 0.4) is 0 Å². The van der Waals surface area contributed by atoms with Crippen LogP contribution in [0.2, 0.25) is 5.02 Å². The van der Waals surface area contributed by atoms with Crippen LogP contribution in [0.25, 0.3) is 0 Å². The summed E-state index contributed by atoms with van der Waals surface area (Å²) in [7, 11) is 0. The van der Waals surface area contributed by atoms with Crippen LogP contribution in [0.15, 0.2) is 89.2 Å². The Morgan fingerprint density at radius 2 is 1.74 bits per heavy atom. The number of aromatic nitrogens is 3. The number of allylic oxidation sites excluding steroid dienone is 2. The number of benzene rings is 3. The van der Waals surface area contributed by atoms with E-state index in [1.165, 1.54) is 17.3 Å². The molecule has 222 valence electrons. The number of hydrogen-bond donors (Lipinski definition) is 1. The topological polar surface area (TPSA) is 69.0 Å². The summed E-state index contributed by atoms with van der Waals surface area (Å²) in [5.74, 6) is 2.22. The van der Waals surface area contributed by atoms with Crippen LogP contribution in [0.1, 0.15) is 75.8 Å². The Bertz CT molecular complexity index is 1680. The number of nitrogens with zero attached hydrogens (tertiary/aromatic N) is 3. The number of ketones is 1. The quantitative estimate of drug-likeness (QED) is 0.210. The monoisotopic (exact) mass is 612 g/mol. The van der Waals surface area contributed by atoms with Gasteiger partial charge in [0.1, 0.15) is 18.4 Å². The van der Waals surface area contributed by atoms with Crippen LogP contribution < -0.4 is 10.1 Å². The average Bonchev–Trinajstić information content (AvgIpc) is 3.36. The molecule has 1 aromatic heterocycles. The third-order valence-corrected chi connectivity index (χ3v) is 9.30. The zero-order valence-corrected chi connectivity index (χ0v) is 26.9. The van der Waals surface area contributed by atoms with Crippen LogP contribution in [0.5, 0.6) is 5.75 Å². The first-order valence-corrected chi connectivity index (χ1v) is 16.0. The molecule has 0 radical (unpaired) electrons. The maximum Gasteiger partial charge on any atom is 0.227 e. The van der Waals surface area contributed by atoms with Crippen LogP contribution in [-0.2, 0) is 22.6 Å². The number of carbonyl (C=O) groups is 1. The lowest BCUT2D eigenvalue weighted by atomic mass is 9.73. The van der Waals surface area contributed by atoms with Crippen molar-refractivity contribution in [2.75, 3.05) is 5.32 Å². The minimum atomic E-state index is -0.365. The van der Waals surface area contributed by atoms with Crippen molar-refractivity contribution in [1.82, 2.24) is 14.8 Å². The summed E-state index contributed by atoms with van der Waals surface area (Å²) in [6.07, 6.45) is 1.27. The van der Waals surface area contributed by atoms with E-state index in [1.807, 2.05) is 53.2 Å². The third-order valence-electron chi connectivity index (χ3n) is 8.05. The lowest BCUT2D eigenvalue weighted by molar-refractivity contribution is -0.118. The molecule has 1 atom stereocenters. The molecule has 0 amide bonds. The largest absolute Gasteiger partial charge is 0.489 e. The van der Waals surface area contributed by atoms with Gasteiger partial charge in [-0.2, -0.15) is 4.98 Å². The molecule has 0 spiro atoms. The number of rotatable bonds is 7. The molecule has 0 fully saturated rings. The van der Waals surface area contributed by atoms with Crippen molar-refractivity contribution in [3.63, 3.8) is 0 Å². The average molecular weight is 613 g/mol. The zero-order valence-electron chi connectivity index (χ0n) is 25.3. The van der Waals surface area contributed by atoms with E-state index in [2.05, 4.69) is 64.2 Å². The third kappa shape index (κ3) is 6.38. The van der Waals surface area contributed by atoms with Crippen molar-refractivity contribution >= 4 is 35.1 Å². The fourth-order valence-electron chi connectivity index (χ4n) is 5.73. The number of halogens is 1. The number of fused-ring (bicyclic) bond motifs is 1. The van der Waals surface area contributed by atoms with E-state index in [0.717, 1.165) is 45.2 Å². The highest BCUT2D eigenvalue weighted by Crippen LogP contribution is 2.46. The number of anilines is 1. The van der Waals surface area contributed by atoms with Crippen LogP contribution in [-0.4, -0.2) is 20.5 Å². The minimum Gasteiger partial charge on any atom is -0.489 e. The first-order valence-electron chi connectivity index (χ1n) is 14.7. The molecule has 2 aliphatic rings. The molecule has 1 aliphatic heterocycles. The molecule has 43 heavy (non-hydrogen) atoms. The SMILES string of the molecule is CC1(C)CC(=O)C2=C(C1)Nc1nc(SCc3ccccc3Cl)nn1C2c1ccc(OCc2ccc(C(C)(C)C)cc2)cc1. The Labute approximate surface area is 262 Å². The molecule has 1 N–H and O–H groups in total. The van der Waals surface area contributed by atoms with Gasteiger partial charge in [-0.15, -0.1) is 5.10 Å². The molecule has 2 heterocycles. The maximum atomic E-state index is 13.6. The van der Waals surface area contributed by atoms with E-state index >= 15 is 0 Å². The second kappa shape index (κ2) is 11.5. The summed E-state index contributed by atoms with van der Waals surface area (Å²) in [6.45, 7) is 11.4. The molecule has 4 aromatic rings. The van der Waals surface area contributed by atoms with Gasteiger partial charge in [0.15, 0.2) is 5.78 Å². The van der Waals surface area contributed by atoms with Crippen molar-refractivity contribution in [2.24, 2.45) is 5.41 Å². The lowest BCUT2D eigenvalue weighted by Crippen LogP contribution is -2.36. The highest BCUT2D eigenvalue weighted by atomic mass is 35.5. The fraction of sp³-hybridized carbons (Fsp3) is 0.343. The number of Topliss-reactive ketones (excluding diaryl/α,β-unsaturated/α-hetero) is 1. The van der Waals surface area contributed by atoms with Gasteiger partial charge in [-0.05, 0) is 57.7 Å². The second-order valence-electron chi connectivity index (χ2n) is 13.2. The van der Waals surface area contributed by atoms with Gasteiger partial charge in [0.05, 0.1) is 0 Å². The number of thioether (sulfide) groups is 1. The van der Waals surface area contributed by atoms with E-state index in [1.54, 1.807) is 0 Å². The van der Waals surface area contributed by atoms with Gasteiger partial charge in [0, 0.05) is 28.5 Å². The molecule has 1 aliphatic carbocycles. The predicted octanol–water partition coefficient (Wildman–Crippen LogP) is 8.76. The van der Waals surface area contributed by atoms with Gasteiger partial charge in [-0.25, -0.2) is 4.68 Å². The summed E-state index contributed by atoms with van der Waals surface area (Å²) >= 11 is 7.92. The molecule has 0 saturated heterocycles. The molecule has 6 nitrogen and oxygen atoms in total. The van der Waals surface area contributed by atoms with E-state index < -0.39 is 0 Å². The Kier molecular flexibility index (Phi) is 7.90. The van der Waals surface area contributed by atoms with Gasteiger partial charge in [0.25, 0.3) is 0 Å². The molecule has 3 aromatic carbocycles. The Hall–Kier alpha value is -3.55. The van der Waals surface area contributed by atoms with Crippen molar-refractivity contribution in [2.45, 2.75) is 76.4 Å². The summed E-state index contributed by atoms with van der Waals surface area (Å²) in [5.41, 5.74) is 6.12. The highest BCUT2D eigenvalue weighted by molar-refractivity contribution is 7.98. The molecule has 1 unspecified atom stereocenters. The first-order chi connectivity index (χ1) is 20.5. The molecular formula is C35H37ClN4O2S. The van der Waals surface area contributed by atoms with Crippen LogP contribution in [0.4, 0.5) is 5.95 Å². The van der Waals surface area contributed by atoms with Crippen molar-refractivity contribution in [3.8, 4) is 5.75 Å². The summed E-state index contributed by atoms with van der Waals surface area (Å²) < 4.78 is 7.99. The van der Waals surface area contributed by atoms with Crippen molar-refractivity contribution in [3.05, 3.63) is 111 Å². The van der Waals surface area contributed by atoms with Crippen molar-refractivity contribution < 1.29 is 9.53 Å². The highest BCUT2D eigenvalue weighted by Gasteiger charge is 2.42. The number of ether oxygens (including phenoxy) is 1. The van der Waals surface area contributed by atoms with Crippen LogP contribution >= 0.6 is 23.4 Å².